The van der Waals surface area contributed by atoms with Crippen LogP contribution in [0.5, 0.6) is 0 Å². The number of benzene rings is 2. The average molecular weight is 474 g/mol. The smallest absolute Gasteiger partial charge is 0.212 e. The van der Waals surface area contributed by atoms with Gasteiger partial charge in [0.15, 0.2) is 0 Å². The van der Waals surface area contributed by atoms with Crippen LogP contribution in [0.25, 0.3) is 27.5 Å². The van der Waals surface area contributed by atoms with E-state index in [1.165, 1.54) is 0 Å². The summed E-state index contributed by atoms with van der Waals surface area (Å²) in [6.45, 7) is 3.98. The molecule has 152 valence electrons. The summed E-state index contributed by atoms with van der Waals surface area (Å²) < 4.78 is 2.88. The molecule has 0 aliphatic carbocycles. The van der Waals surface area contributed by atoms with Gasteiger partial charge in [0, 0.05) is 16.4 Å². The Kier molecular flexibility index (Phi) is 5.16. The molecular weight excluding hydrogens is 457 g/mol. The van der Waals surface area contributed by atoms with Gasteiger partial charge in [0.2, 0.25) is 5.13 Å². The maximum absolute atomic E-state index is 10.2. The minimum atomic E-state index is -0.128. The number of thiazole rings is 1. The third kappa shape index (κ3) is 3.18. The van der Waals surface area contributed by atoms with Crippen LogP contribution in [0.2, 0.25) is 10.0 Å². The maximum Gasteiger partial charge on any atom is 0.212 e. The molecule has 30 heavy (non-hydrogen) atoms. The Morgan fingerprint density at radius 1 is 1.13 bits per heavy atom. The Balaban J connectivity index is 1.67. The fourth-order valence-electron chi connectivity index (χ4n) is 3.82. The van der Waals surface area contributed by atoms with Crippen LogP contribution in [0.4, 0.5) is 0 Å². The number of hydrogen-bond acceptors (Lipinski definition) is 5. The van der Waals surface area contributed by atoms with Crippen molar-refractivity contribution < 1.29 is 5.11 Å². The number of fused-ring (bicyclic) bond motifs is 3. The zero-order valence-corrected chi connectivity index (χ0v) is 19.3. The molecule has 0 saturated carbocycles. The molecular formula is C22H17Cl2N3OS2. The molecule has 0 saturated heterocycles. The molecule has 3 heterocycles. The second-order valence-electron chi connectivity index (χ2n) is 7.09. The number of aromatic nitrogens is 3. The lowest BCUT2D eigenvalue weighted by Crippen LogP contribution is -2.03. The first kappa shape index (κ1) is 20.1. The molecule has 5 rings (SSSR count). The Hall–Kier alpha value is -1.83. The van der Waals surface area contributed by atoms with Crippen LogP contribution in [-0.2, 0) is 6.61 Å². The fraction of sp³-hybridized carbons (Fsp3) is 0.182. The molecule has 2 aromatic carbocycles. The van der Waals surface area contributed by atoms with Gasteiger partial charge >= 0.3 is 0 Å². The summed E-state index contributed by atoms with van der Waals surface area (Å²) in [6.07, 6.45) is 0. The number of rotatable bonds is 3. The van der Waals surface area contributed by atoms with E-state index < -0.39 is 0 Å². The molecule has 0 amide bonds. The highest BCUT2D eigenvalue weighted by Crippen LogP contribution is 2.53. The van der Waals surface area contributed by atoms with Crippen LogP contribution < -0.4 is 0 Å². The normalized spacial score (nSPS) is 15.2. The summed E-state index contributed by atoms with van der Waals surface area (Å²) in [5, 5.41) is 17.0. The number of aliphatic hydroxyl groups is 1. The summed E-state index contributed by atoms with van der Waals surface area (Å²) in [5.74, 6) is 0. The lowest BCUT2D eigenvalue weighted by Gasteiger charge is -2.21. The van der Waals surface area contributed by atoms with Gasteiger partial charge in [-0.3, -0.25) is 0 Å². The number of thioether (sulfide) groups is 1. The molecule has 0 bridgehead atoms. The van der Waals surface area contributed by atoms with E-state index in [9.17, 15) is 5.11 Å². The molecule has 0 radical (unpaired) electrons. The molecule has 0 spiro atoms. The molecule has 1 aliphatic rings. The van der Waals surface area contributed by atoms with Gasteiger partial charge in [0.25, 0.3) is 0 Å². The van der Waals surface area contributed by atoms with E-state index in [1.54, 1.807) is 27.8 Å². The first-order valence-electron chi connectivity index (χ1n) is 9.40. The highest BCUT2D eigenvalue weighted by Gasteiger charge is 2.29. The summed E-state index contributed by atoms with van der Waals surface area (Å²) in [7, 11) is 0. The molecule has 1 unspecified atom stereocenters. The van der Waals surface area contributed by atoms with Crippen LogP contribution >= 0.6 is 46.3 Å². The second-order valence-corrected chi connectivity index (χ2v) is 10.5. The van der Waals surface area contributed by atoms with Gasteiger partial charge in [-0.2, -0.15) is 5.10 Å². The van der Waals surface area contributed by atoms with Crippen molar-refractivity contribution >= 4 is 46.3 Å². The summed E-state index contributed by atoms with van der Waals surface area (Å²) in [6, 6.07) is 13.8. The molecule has 0 fully saturated rings. The van der Waals surface area contributed by atoms with Crippen molar-refractivity contribution in [3.63, 3.8) is 0 Å². The van der Waals surface area contributed by atoms with E-state index in [-0.39, 0.29) is 11.9 Å². The highest BCUT2D eigenvalue weighted by molar-refractivity contribution is 8.01. The Morgan fingerprint density at radius 3 is 2.60 bits per heavy atom. The van der Waals surface area contributed by atoms with Crippen molar-refractivity contribution in [2.24, 2.45) is 0 Å². The average Bonchev–Trinajstić information content (AvgIpc) is 3.30. The molecule has 8 heteroatoms. The number of aliphatic hydroxyl groups excluding tert-OH is 1. The molecule has 2 aromatic heterocycles. The summed E-state index contributed by atoms with van der Waals surface area (Å²) in [5.41, 5.74) is 6.59. The zero-order chi connectivity index (χ0) is 21.0. The fourth-order valence-corrected chi connectivity index (χ4v) is 6.71. The van der Waals surface area contributed by atoms with Gasteiger partial charge in [0.05, 0.1) is 37.9 Å². The number of halogens is 2. The Morgan fingerprint density at radius 2 is 1.87 bits per heavy atom. The number of aryl methyl sites for hydroxylation is 1. The van der Waals surface area contributed by atoms with Crippen molar-refractivity contribution in [1.82, 2.24) is 14.8 Å². The topological polar surface area (TPSA) is 50.9 Å². The minimum Gasteiger partial charge on any atom is -0.390 e. The quantitative estimate of drug-likeness (QED) is 0.350. The van der Waals surface area contributed by atoms with Gasteiger partial charge in [-0.05, 0) is 37.1 Å². The van der Waals surface area contributed by atoms with Gasteiger partial charge < -0.3 is 5.11 Å². The maximum atomic E-state index is 10.2. The SMILES string of the molecule is Cc1nn(-c2nc3c(s2)SC(C)c2cc(Cl)c(Cl)cc2-3)c(CO)c1-c1ccccc1. The van der Waals surface area contributed by atoms with E-state index >= 15 is 0 Å². The Labute approximate surface area is 192 Å². The van der Waals surface area contributed by atoms with E-state index in [0.29, 0.717) is 10.0 Å². The van der Waals surface area contributed by atoms with Crippen molar-refractivity contribution in [2.75, 3.05) is 0 Å². The van der Waals surface area contributed by atoms with Gasteiger partial charge in [0.1, 0.15) is 0 Å². The van der Waals surface area contributed by atoms with Crippen molar-refractivity contribution in [1.29, 1.82) is 0 Å². The van der Waals surface area contributed by atoms with Gasteiger partial charge in [-0.25, -0.2) is 9.67 Å². The third-order valence-corrected chi connectivity index (χ3v) is 8.30. The standard InChI is InChI=1S/C22H17Cl2N3OS2/c1-11-19(13-6-4-3-5-7-13)18(10-28)27(26-11)22-25-20-15-9-17(24)16(23)8-14(15)12(2)29-21(20)30-22/h3-9,12,28H,10H2,1-2H3. The minimum absolute atomic E-state index is 0.128. The predicted molar refractivity (Wildman–Crippen MR) is 125 cm³/mol. The number of nitrogens with zero attached hydrogens (tertiary/aromatic N) is 3. The van der Waals surface area contributed by atoms with E-state index in [1.807, 2.05) is 49.4 Å². The van der Waals surface area contributed by atoms with Crippen LogP contribution in [0.3, 0.4) is 0 Å². The molecule has 1 aliphatic heterocycles. The first-order valence-corrected chi connectivity index (χ1v) is 11.8. The summed E-state index contributed by atoms with van der Waals surface area (Å²) >= 11 is 15.9. The highest BCUT2D eigenvalue weighted by atomic mass is 35.5. The number of hydrogen-bond donors (Lipinski definition) is 1. The zero-order valence-electron chi connectivity index (χ0n) is 16.2. The van der Waals surface area contributed by atoms with Crippen molar-refractivity contribution in [2.45, 2.75) is 29.9 Å². The van der Waals surface area contributed by atoms with Crippen LogP contribution in [-0.4, -0.2) is 19.9 Å². The molecule has 4 nitrogen and oxygen atoms in total. The lowest BCUT2D eigenvalue weighted by atomic mass is 10.0. The third-order valence-electron chi connectivity index (χ3n) is 5.20. The molecule has 1 N–H and O–H groups in total. The van der Waals surface area contributed by atoms with Gasteiger partial charge in [-0.15, -0.1) is 11.8 Å². The van der Waals surface area contributed by atoms with Crippen molar-refractivity contribution in [3.8, 4) is 27.5 Å². The van der Waals surface area contributed by atoms with E-state index in [4.69, 9.17) is 33.3 Å². The van der Waals surface area contributed by atoms with E-state index in [2.05, 4.69) is 6.92 Å². The van der Waals surface area contributed by atoms with Crippen molar-refractivity contribution in [3.05, 3.63) is 69.5 Å². The van der Waals surface area contributed by atoms with Crippen LogP contribution in [0, 0.1) is 6.92 Å². The first-order chi connectivity index (χ1) is 14.5. The van der Waals surface area contributed by atoms with Crippen LogP contribution in [0.15, 0.2) is 46.7 Å². The monoisotopic (exact) mass is 473 g/mol. The van der Waals surface area contributed by atoms with E-state index in [0.717, 1.165) is 48.7 Å². The molecule has 4 aromatic rings. The van der Waals surface area contributed by atoms with Gasteiger partial charge in [-0.1, -0.05) is 64.9 Å². The van der Waals surface area contributed by atoms with Crippen LogP contribution in [0.1, 0.15) is 29.1 Å². The summed E-state index contributed by atoms with van der Waals surface area (Å²) in [4.78, 5) is 4.91. The second kappa shape index (κ2) is 7.70. The lowest BCUT2D eigenvalue weighted by molar-refractivity contribution is 0.273. The predicted octanol–water partition coefficient (Wildman–Crippen LogP) is 6.94. The Bertz CT molecular complexity index is 1270. The largest absolute Gasteiger partial charge is 0.390 e. The molecule has 1 atom stereocenters.